The molecule has 0 aliphatic heterocycles. The summed E-state index contributed by atoms with van der Waals surface area (Å²) in [4.78, 5) is 28.0. The molecule has 1 heterocycles. The summed E-state index contributed by atoms with van der Waals surface area (Å²) in [6.07, 6.45) is 0. The minimum absolute atomic E-state index is 0.00661. The van der Waals surface area contributed by atoms with Crippen molar-refractivity contribution in [1.29, 1.82) is 0 Å². The minimum atomic E-state index is -0.469. The molecule has 0 radical (unpaired) electrons. The number of hydrogen-bond acceptors (Lipinski definition) is 3. The normalized spacial score (nSPS) is 10.7. The highest BCUT2D eigenvalue weighted by Crippen LogP contribution is 2.16. The molecule has 2 aromatic carbocycles. The van der Waals surface area contributed by atoms with E-state index in [4.69, 9.17) is 17.3 Å². The van der Waals surface area contributed by atoms with Crippen LogP contribution in [0, 0.1) is 0 Å². The van der Waals surface area contributed by atoms with E-state index in [0.717, 1.165) is 11.0 Å². The molecule has 6 nitrogen and oxygen atoms in total. The molecule has 122 valence electrons. The fraction of sp³-hybridized carbons (Fsp3) is 0.118. The standard InChI is InChI=1S/C17H15ClN4O2/c18-12-7-5-11(6-8-12)17(24)20-9-16-21-13-3-1-2-4-14(13)22(16)10-15(19)23/h1-8H,9-10H2,(H2,19,23)(H,20,24). The molecule has 0 spiro atoms. The molecular formula is C17H15ClN4O2. The fourth-order valence-electron chi connectivity index (χ4n) is 2.46. The molecule has 0 aliphatic rings. The summed E-state index contributed by atoms with van der Waals surface area (Å²) in [5.41, 5.74) is 7.36. The van der Waals surface area contributed by atoms with Gasteiger partial charge in [0, 0.05) is 10.6 Å². The number of imidazole rings is 1. The van der Waals surface area contributed by atoms with Crippen LogP contribution < -0.4 is 11.1 Å². The van der Waals surface area contributed by atoms with Crippen LogP contribution in [0.25, 0.3) is 11.0 Å². The smallest absolute Gasteiger partial charge is 0.251 e. The first-order valence-electron chi connectivity index (χ1n) is 7.31. The van der Waals surface area contributed by atoms with Crippen molar-refractivity contribution in [2.45, 2.75) is 13.1 Å². The Labute approximate surface area is 143 Å². The Morgan fingerprint density at radius 1 is 1.12 bits per heavy atom. The van der Waals surface area contributed by atoms with Crippen LogP contribution in [0.1, 0.15) is 16.2 Å². The van der Waals surface area contributed by atoms with Crippen molar-refractivity contribution in [3.05, 3.63) is 64.9 Å². The monoisotopic (exact) mass is 342 g/mol. The van der Waals surface area contributed by atoms with Gasteiger partial charge in [-0.05, 0) is 36.4 Å². The molecule has 2 amide bonds. The summed E-state index contributed by atoms with van der Waals surface area (Å²) in [6.45, 7) is 0.191. The summed E-state index contributed by atoms with van der Waals surface area (Å²) >= 11 is 5.81. The lowest BCUT2D eigenvalue weighted by atomic mass is 10.2. The molecule has 3 aromatic rings. The van der Waals surface area contributed by atoms with Crippen LogP contribution in [-0.4, -0.2) is 21.4 Å². The number of nitrogens with one attached hydrogen (secondary N) is 1. The Balaban J connectivity index is 1.82. The number of halogens is 1. The Hall–Kier alpha value is -2.86. The lowest BCUT2D eigenvalue weighted by Crippen LogP contribution is -2.26. The van der Waals surface area contributed by atoms with Gasteiger partial charge in [-0.2, -0.15) is 0 Å². The summed E-state index contributed by atoms with van der Waals surface area (Å²) < 4.78 is 1.71. The second-order valence-corrected chi connectivity index (χ2v) is 5.70. The highest BCUT2D eigenvalue weighted by atomic mass is 35.5. The highest BCUT2D eigenvalue weighted by molar-refractivity contribution is 6.30. The maximum absolute atomic E-state index is 12.2. The van der Waals surface area contributed by atoms with Crippen molar-refractivity contribution in [3.8, 4) is 0 Å². The zero-order chi connectivity index (χ0) is 17.1. The Morgan fingerprint density at radius 3 is 2.54 bits per heavy atom. The van der Waals surface area contributed by atoms with Crippen molar-refractivity contribution >= 4 is 34.4 Å². The van der Waals surface area contributed by atoms with Gasteiger partial charge in [0.05, 0.1) is 17.6 Å². The zero-order valence-electron chi connectivity index (χ0n) is 12.7. The number of rotatable bonds is 5. The number of aromatic nitrogens is 2. The van der Waals surface area contributed by atoms with Crippen LogP contribution in [0.5, 0.6) is 0 Å². The number of carbonyl (C=O) groups is 2. The third kappa shape index (κ3) is 3.38. The second kappa shape index (κ2) is 6.72. The van der Waals surface area contributed by atoms with E-state index in [-0.39, 0.29) is 19.0 Å². The summed E-state index contributed by atoms with van der Waals surface area (Å²) in [5.74, 6) is -0.148. The fourth-order valence-corrected chi connectivity index (χ4v) is 2.58. The van der Waals surface area contributed by atoms with Gasteiger partial charge < -0.3 is 15.6 Å². The van der Waals surface area contributed by atoms with Gasteiger partial charge in [0.25, 0.3) is 5.91 Å². The summed E-state index contributed by atoms with van der Waals surface area (Å²) in [7, 11) is 0. The average molecular weight is 343 g/mol. The van der Waals surface area contributed by atoms with E-state index in [1.165, 1.54) is 0 Å². The van der Waals surface area contributed by atoms with Crippen molar-refractivity contribution in [1.82, 2.24) is 14.9 Å². The van der Waals surface area contributed by atoms with E-state index in [0.29, 0.717) is 16.4 Å². The van der Waals surface area contributed by atoms with Crippen LogP contribution >= 0.6 is 11.6 Å². The van der Waals surface area contributed by atoms with Crippen molar-refractivity contribution in [2.75, 3.05) is 0 Å². The molecule has 0 aliphatic carbocycles. The third-order valence-corrected chi connectivity index (χ3v) is 3.81. The van der Waals surface area contributed by atoms with Gasteiger partial charge in [-0.1, -0.05) is 23.7 Å². The van der Waals surface area contributed by atoms with Crippen molar-refractivity contribution in [2.24, 2.45) is 5.73 Å². The van der Waals surface area contributed by atoms with Crippen LogP contribution in [0.2, 0.25) is 5.02 Å². The predicted molar refractivity (Wildman–Crippen MR) is 91.5 cm³/mol. The SMILES string of the molecule is NC(=O)Cn1c(CNC(=O)c2ccc(Cl)cc2)nc2ccccc21. The number of nitrogens with zero attached hydrogens (tertiary/aromatic N) is 2. The molecular weight excluding hydrogens is 328 g/mol. The number of hydrogen-bond donors (Lipinski definition) is 2. The second-order valence-electron chi connectivity index (χ2n) is 5.26. The largest absolute Gasteiger partial charge is 0.368 e. The van der Waals surface area contributed by atoms with Crippen LogP contribution in [0.4, 0.5) is 0 Å². The molecule has 0 atom stereocenters. The lowest BCUT2D eigenvalue weighted by molar-refractivity contribution is -0.118. The van der Waals surface area contributed by atoms with Gasteiger partial charge in [-0.25, -0.2) is 4.98 Å². The summed E-state index contributed by atoms with van der Waals surface area (Å²) in [5, 5.41) is 3.36. The first-order valence-corrected chi connectivity index (χ1v) is 7.68. The van der Waals surface area contributed by atoms with Gasteiger partial charge in [-0.3, -0.25) is 9.59 Å². The van der Waals surface area contributed by atoms with E-state index >= 15 is 0 Å². The maximum atomic E-state index is 12.2. The number of primary amides is 1. The number of carbonyl (C=O) groups excluding carboxylic acids is 2. The highest BCUT2D eigenvalue weighted by Gasteiger charge is 2.13. The predicted octanol–water partition coefficient (Wildman–Crippen LogP) is 2.10. The van der Waals surface area contributed by atoms with E-state index < -0.39 is 5.91 Å². The van der Waals surface area contributed by atoms with Gasteiger partial charge in [0.15, 0.2) is 0 Å². The topological polar surface area (TPSA) is 90.0 Å². The average Bonchev–Trinajstić information content (AvgIpc) is 2.90. The minimum Gasteiger partial charge on any atom is -0.368 e. The molecule has 3 rings (SSSR count). The molecule has 0 saturated heterocycles. The molecule has 0 saturated carbocycles. The van der Waals surface area contributed by atoms with E-state index in [2.05, 4.69) is 10.3 Å². The molecule has 0 bridgehead atoms. The number of nitrogens with two attached hydrogens (primary N) is 1. The first-order chi connectivity index (χ1) is 11.5. The van der Waals surface area contributed by atoms with Crippen molar-refractivity contribution < 1.29 is 9.59 Å². The van der Waals surface area contributed by atoms with Crippen LogP contribution in [0.3, 0.4) is 0 Å². The van der Waals surface area contributed by atoms with Gasteiger partial charge in [0.2, 0.25) is 5.91 Å². The van der Waals surface area contributed by atoms with E-state index in [1.54, 1.807) is 28.8 Å². The number of benzene rings is 2. The summed E-state index contributed by atoms with van der Waals surface area (Å²) in [6, 6.07) is 14.0. The maximum Gasteiger partial charge on any atom is 0.251 e. The number of fused-ring (bicyclic) bond motifs is 1. The van der Waals surface area contributed by atoms with Crippen LogP contribution in [-0.2, 0) is 17.9 Å². The Kier molecular flexibility index (Phi) is 4.48. The van der Waals surface area contributed by atoms with Gasteiger partial charge >= 0.3 is 0 Å². The quantitative estimate of drug-likeness (QED) is 0.744. The molecule has 7 heteroatoms. The lowest BCUT2D eigenvalue weighted by Gasteiger charge is -2.08. The molecule has 24 heavy (non-hydrogen) atoms. The Morgan fingerprint density at radius 2 is 1.83 bits per heavy atom. The van der Waals surface area contributed by atoms with Crippen molar-refractivity contribution in [3.63, 3.8) is 0 Å². The van der Waals surface area contributed by atoms with E-state index in [9.17, 15) is 9.59 Å². The van der Waals surface area contributed by atoms with Crippen LogP contribution in [0.15, 0.2) is 48.5 Å². The molecule has 3 N–H and O–H groups in total. The number of para-hydroxylation sites is 2. The van der Waals surface area contributed by atoms with E-state index in [1.807, 2.05) is 24.3 Å². The molecule has 1 aromatic heterocycles. The Bertz CT molecular complexity index is 903. The molecule has 0 unspecified atom stereocenters. The molecule has 0 fully saturated rings. The van der Waals surface area contributed by atoms with Gasteiger partial charge in [0.1, 0.15) is 12.4 Å². The number of amides is 2. The zero-order valence-corrected chi connectivity index (χ0v) is 13.5. The third-order valence-electron chi connectivity index (χ3n) is 3.56. The first kappa shape index (κ1) is 16.0. The van der Waals surface area contributed by atoms with Gasteiger partial charge in [-0.15, -0.1) is 0 Å².